The number of nitrogens with one attached hydrogen (secondary N) is 1. The molecule has 0 amide bonds. The Morgan fingerprint density at radius 2 is 2.28 bits per heavy atom. The lowest BCUT2D eigenvalue weighted by Gasteiger charge is -2.06. The van der Waals surface area contributed by atoms with Crippen molar-refractivity contribution in [3.8, 4) is 5.75 Å². The molecule has 6 heteroatoms. The van der Waals surface area contributed by atoms with Crippen LogP contribution in [-0.4, -0.2) is 12.0 Å². The predicted molar refractivity (Wildman–Crippen MR) is 71.3 cm³/mol. The largest absolute Gasteiger partial charge is 0.496 e. The highest BCUT2D eigenvalue weighted by Gasteiger charge is 2.10. The zero-order valence-electron chi connectivity index (χ0n) is 9.75. The highest BCUT2D eigenvalue weighted by atomic mass is 32.1. The maximum Gasteiger partial charge on any atom is 0.273 e. The van der Waals surface area contributed by atoms with E-state index in [4.69, 9.17) is 4.74 Å². The van der Waals surface area contributed by atoms with E-state index in [0.29, 0.717) is 12.3 Å². The van der Waals surface area contributed by atoms with Crippen LogP contribution < -0.4 is 10.1 Å². The SMILES string of the molecule is COc1cc(CNc2ccsc2)cc([N+](=O)[O-])c1. The van der Waals surface area contributed by atoms with Gasteiger partial charge in [-0.1, -0.05) is 0 Å². The third-order valence-corrected chi connectivity index (χ3v) is 3.10. The van der Waals surface area contributed by atoms with Crippen LogP contribution in [0.2, 0.25) is 0 Å². The van der Waals surface area contributed by atoms with Gasteiger partial charge in [0.25, 0.3) is 5.69 Å². The van der Waals surface area contributed by atoms with Crippen LogP contribution in [0.25, 0.3) is 0 Å². The molecule has 0 spiro atoms. The van der Waals surface area contributed by atoms with Crippen molar-refractivity contribution in [1.82, 2.24) is 0 Å². The molecule has 0 saturated carbocycles. The summed E-state index contributed by atoms with van der Waals surface area (Å²) >= 11 is 1.60. The zero-order chi connectivity index (χ0) is 13.0. The number of thiophene rings is 1. The van der Waals surface area contributed by atoms with Crippen molar-refractivity contribution < 1.29 is 9.66 Å². The van der Waals surface area contributed by atoms with Crippen molar-refractivity contribution in [3.63, 3.8) is 0 Å². The number of benzene rings is 1. The molecule has 94 valence electrons. The Bertz CT molecular complexity index is 540. The average Bonchev–Trinajstić information content (AvgIpc) is 2.89. The van der Waals surface area contributed by atoms with Crippen molar-refractivity contribution in [1.29, 1.82) is 0 Å². The molecular weight excluding hydrogens is 252 g/mol. The molecule has 0 aliphatic rings. The molecule has 0 atom stereocenters. The molecule has 5 nitrogen and oxygen atoms in total. The molecule has 1 aromatic heterocycles. The van der Waals surface area contributed by atoms with Crippen molar-refractivity contribution in [2.45, 2.75) is 6.54 Å². The number of methoxy groups -OCH3 is 1. The summed E-state index contributed by atoms with van der Waals surface area (Å²) in [4.78, 5) is 10.4. The van der Waals surface area contributed by atoms with E-state index in [1.54, 1.807) is 23.5 Å². The minimum Gasteiger partial charge on any atom is -0.496 e. The lowest BCUT2D eigenvalue weighted by Crippen LogP contribution is -2.00. The summed E-state index contributed by atoms with van der Waals surface area (Å²) in [6.07, 6.45) is 0. The van der Waals surface area contributed by atoms with Gasteiger partial charge in [-0.25, -0.2) is 0 Å². The summed E-state index contributed by atoms with van der Waals surface area (Å²) < 4.78 is 5.05. The van der Waals surface area contributed by atoms with Gasteiger partial charge in [-0.15, -0.1) is 0 Å². The van der Waals surface area contributed by atoms with Gasteiger partial charge in [0.05, 0.1) is 18.1 Å². The van der Waals surface area contributed by atoms with Crippen LogP contribution >= 0.6 is 11.3 Å². The number of hydrogen-bond donors (Lipinski definition) is 1. The first-order valence-corrected chi connectivity index (χ1v) is 6.22. The summed E-state index contributed by atoms with van der Waals surface area (Å²) in [5, 5.41) is 17.9. The fourth-order valence-electron chi connectivity index (χ4n) is 1.54. The van der Waals surface area contributed by atoms with E-state index in [2.05, 4.69) is 5.32 Å². The van der Waals surface area contributed by atoms with Crippen LogP contribution in [0.3, 0.4) is 0 Å². The van der Waals surface area contributed by atoms with Gasteiger partial charge in [-0.3, -0.25) is 10.1 Å². The standard InChI is InChI=1S/C12H12N2O3S/c1-17-12-5-9(4-11(6-12)14(15)16)7-13-10-2-3-18-8-10/h2-6,8,13H,7H2,1H3. The number of rotatable bonds is 5. The summed E-state index contributed by atoms with van der Waals surface area (Å²) in [6.45, 7) is 0.523. The highest BCUT2D eigenvalue weighted by molar-refractivity contribution is 7.08. The number of ether oxygens (including phenoxy) is 1. The smallest absolute Gasteiger partial charge is 0.273 e. The maximum atomic E-state index is 10.8. The molecular formula is C12H12N2O3S. The second-order valence-electron chi connectivity index (χ2n) is 3.66. The molecule has 1 aromatic carbocycles. The van der Waals surface area contributed by atoms with Crippen LogP contribution in [0.4, 0.5) is 11.4 Å². The third kappa shape index (κ3) is 2.98. The molecule has 1 heterocycles. The number of nitro benzene ring substituents is 1. The Kier molecular flexibility index (Phi) is 3.78. The monoisotopic (exact) mass is 264 g/mol. The van der Waals surface area contributed by atoms with Crippen LogP contribution in [0.5, 0.6) is 5.75 Å². The Hall–Kier alpha value is -2.08. The van der Waals surface area contributed by atoms with Gasteiger partial charge in [-0.2, -0.15) is 11.3 Å². The number of non-ortho nitro benzene ring substituents is 1. The van der Waals surface area contributed by atoms with Crippen LogP contribution in [0, 0.1) is 10.1 Å². The Balaban J connectivity index is 2.16. The highest BCUT2D eigenvalue weighted by Crippen LogP contribution is 2.23. The average molecular weight is 264 g/mol. The van der Waals surface area contributed by atoms with Crippen molar-refractivity contribution in [3.05, 3.63) is 50.7 Å². The number of nitrogens with zero attached hydrogens (tertiary/aromatic N) is 1. The van der Waals surface area contributed by atoms with E-state index >= 15 is 0 Å². The number of hydrogen-bond acceptors (Lipinski definition) is 5. The van der Waals surface area contributed by atoms with Gasteiger partial charge in [0.1, 0.15) is 5.75 Å². The Morgan fingerprint density at radius 3 is 2.89 bits per heavy atom. The van der Waals surface area contributed by atoms with Gasteiger partial charge in [0.15, 0.2) is 0 Å². The molecule has 0 fully saturated rings. The van der Waals surface area contributed by atoms with Gasteiger partial charge < -0.3 is 10.1 Å². The van der Waals surface area contributed by atoms with E-state index in [1.165, 1.54) is 13.2 Å². The first kappa shape index (κ1) is 12.4. The molecule has 0 saturated heterocycles. The molecule has 0 bridgehead atoms. The van der Waals surface area contributed by atoms with E-state index in [-0.39, 0.29) is 5.69 Å². The number of anilines is 1. The molecule has 2 rings (SSSR count). The molecule has 18 heavy (non-hydrogen) atoms. The minimum atomic E-state index is -0.420. The topological polar surface area (TPSA) is 64.4 Å². The van der Waals surface area contributed by atoms with Crippen LogP contribution in [0.15, 0.2) is 35.0 Å². The molecule has 1 N–H and O–H groups in total. The van der Waals surface area contributed by atoms with Crippen molar-refractivity contribution >= 4 is 22.7 Å². The predicted octanol–water partition coefficient (Wildman–Crippen LogP) is 3.28. The molecule has 2 aromatic rings. The lowest BCUT2D eigenvalue weighted by atomic mass is 10.2. The van der Waals surface area contributed by atoms with Crippen LogP contribution in [0.1, 0.15) is 5.56 Å². The molecule has 0 radical (unpaired) electrons. The summed E-state index contributed by atoms with van der Waals surface area (Å²) in [5.41, 5.74) is 1.86. The summed E-state index contributed by atoms with van der Waals surface area (Å²) in [6, 6.07) is 6.70. The van der Waals surface area contributed by atoms with Gasteiger partial charge >= 0.3 is 0 Å². The minimum absolute atomic E-state index is 0.0384. The molecule has 0 aliphatic carbocycles. The normalized spacial score (nSPS) is 10.1. The van der Waals surface area contributed by atoms with Gasteiger partial charge in [0.2, 0.25) is 0 Å². The first-order valence-electron chi connectivity index (χ1n) is 5.27. The fourth-order valence-corrected chi connectivity index (χ4v) is 2.15. The van der Waals surface area contributed by atoms with Gasteiger partial charge in [-0.05, 0) is 23.1 Å². The van der Waals surface area contributed by atoms with E-state index in [1.807, 2.05) is 16.8 Å². The van der Waals surface area contributed by atoms with Crippen molar-refractivity contribution in [2.24, 2.45) is 0 Å². The second kappa shape index (κ2) is 5.50. The summed E-state index contributed by atoms with van der Waals surface area (Å²) in [5.74, 6) is 0.492. The van der Waals surface area contributed by atoms with Crippen LogP contribution in [-0.2, 0) is 6.54 Å². The second-order valence-corrected chi connectivity index (χ2v) is 4.44. The summed E-state index contributed by atoms with van der Waals surface area (Å²) in [7, 11) is 1.50. The molecule has 0 aliphatic heterocycles. The van der Waals surface area contributed by atoms with Crippen molar-refractivity contribution in [2.75, 3.05) is 12.4 Å². The van der Waals surface area contributed by atoms with E-state index in [9.17, 15) is 10.1 Å². The first-order chi connectivity index (χ1) is 8.69. The zero-order valence-corrected chi connectivity index (χ0v) is 10.6. The third-order valence-electron chi connectivity index (χ3n) is 2.42. The van der Waals surface area contributed by atoms with E-state index < -0.39 is 4.92 Å². The molecule has 0 unspecified atom stereocenters. The lowest BCUT2D eigenvalue weighted by molar-refractivity contribution is -0.385. The maximum absolute atomic E-state index is 10.8. The number of nitro groups is 1. The Labute approximate surface area is 108 Å². The van der Waals surface area contributed by atoms with Gasteiger partial charge in [0, 0.05) is 23.7 Å². The Morgan fingerprint density at radius 1 is 1.44 bits per heavy atom. The fraction of sp³-hybridized carbons (Fsp3) is 0.167. The quantitative estimate of drug-likeness (QED) is 0.665. The van der Waals surface area contributed by atoms with E-state index in [0.717, 1.165) is 11.3 Å².